The molecule has 0 spiro atoms. The number of carboxylic acids is 1. The molecule has 0 bridgehead atoms. The zero-order valence-corrected chi connectivity index (χ0v) is 12.2. The topological polar surface area (TPSA) is 92.4 Å². The second kappa shape index (κ2) is 8.60. The maximum Gasteiger partial charge on any atom is 0.305 e. The SMILES string of the molecule is CSCC[C@@H](N)C(=O)NC(CC(=O)O)c1ccccc1. The van der Waals surface area contributed by atoms with Crippen LogP contribution in [0, 0.1) is 0 Å². The number of nitrogens with two attached hydrogens (primary N) is 1. The number of hydrogen-bond acceptors (Lipinski definition) is 4. The van der Waals surface area contributed by atoms with Crippen LogP contribution in [0.5, 0.6) is 0 Å². The number of carbonyl (C=O) groups is 2. The maximum atomic E-state index is 12.0. The van der Waals surface area contributed by atoms with E-state index in [2.05, 4.69) is 5.32 Å². The van der Waals surface area contributed by atoms with Gasteiger partial charge in [0, 0.05) is 0 Å². The highest BCUT2D eigenvalue weighted by Gasteiger charge is 2.21. The molecule has 0 aliphatic rings. The predicted molar refractivity (Wildman–Crippen MR) is 80.6 cm³/mol. The average molecular weight is 296 g/mol. The summed E-state index contributed by atoms with van der Waals surface area (Å²) in [7, 11) is 0. The first-order valence-corrected chi connectivity index (χ1v) is 7.75. The molecule has 20 heavy (non-hydrogen) atoms. The van der Waals surface area contributed by atoms with Gasteiger partial charge in [0.1, 0.15) is 0 Å². The van der Waals surface area contributed by atoms with Gasteiger partial charge >= 0.3 is 5.97 Å². The lowest BCUT2D eigenvalue weighted by molar-refractivity contribution is -0.137. The van der Waals surface area contributed by atoms with Crippen molar-refractivity contribution in [3.8, 4) is 0 Å². The molecule has 0 aliphatic carbocycles. The molecule has 4 N–H and O–H groups in total. The molecule has 2 atom stereocenters. The van der Waals surface area contributed by atoms with E-state index in [0.29, 0.717) is 6.42 Å². The molecular weight excluding hydrogens is 276 g/mol. The van der Waals surface area contributed by atoms with Crippen LogP contribution >= 0.6 is 11.8 Å². The maximum absolute atomic E-state index is 12.0. The monoisotopic (exact) mass is 296 g/mol. The summed E-state index contributed by atoms with van der Waals surface area (Å²) < 4.78 is 0. The Morgan fingerprint density at radius 3 is 2.55 bits per heavy atom. The van der Waals surface area contributed by atoms with E-state index in [-0.39, 0.29) is 12.3 Å². The summed E-state index contributed by atoms with van der Waals surface area (Å²) in [4.78, 5) is 22.9. The van der Waals surface area contributed by atoms with Gasteiger partial charge in [0.2, 0.25) is 5.91 Å². The van der Waals surface area contributed by atoms with Gasteiger partial charge in [-0.1, -0.05) is 30.3 Å². The molecule has 0 heterocycles. The van der Waals surface area contributed by atoms with E-state index in [9.17, 15) is 9.59 Å². The van der Waals surface area contributed by atoms with Crippen molar-refractivity contribution in [1.29, 1.82) is 0 Å². The molecule has 0 aromatic heterocycles. The highest BCUT2D eigenvalue weighted by molar-refractivity contribution is 7.98. The lowest BCUT2D eigenvalue weighted by Gasteiger charge is -2.20. The van der Waals surface area contributed by atoms with Crippen molar-refractivity contribution in [2.24, 2.45) is 5.73 Å². The molecule has 1 aromatic carbocycles. The van der Waals surface area contributed by atoms with E-state index < -0.39 is 18.1 Å². The number of hydrogen-bond donors (Lipinski definition) is 3. The van der Waals surface area contributed by atoms with Gasteiger partial charge in [-0.3, -0.25) is 9.59 Å². The number of benzene rings is 1. The third kappa shape index (κ3) is 5.63. The van der Waals surface area contributed by atoms with Crippen molar-refractivity contribution in [1.82, 2.24) is 5.32 Å². The highest BCUT2D eigenvalue weighted by atomic mass is 32.2. The lowest BCUT2D eigenvalue weighted by Crippen LogP contribution is -2.43. The normalized spacial score (nSPS) is 13.5. The summed E-state index contributed by atoms with van der Waals surface area (Å²) in [6.45, 7) is 0. The molecule has 0 aliphatic heterocycles. The van der Waals surface area contributed by atoms with Crippen LogP contribution in [0.25, 0.3) is 0 Å². The molecule has 6 heteroatoms. The molecule has 0 saturated heterocycles. The Kier molecular flexibility index (Phi) is 7.11. The standard InChI is InChI=1S/C14H20N2O3S/c1-20-8-7-11(15)14(19)16-12(9-13(17)18)10-5-3-2-4-6-10/h2-6,11-12H,7-9,15H2,1H3,(H,16,19)(H,17,18)/t11-,12?/m1/s1. The van der Waals surface area contributed by atoms with Gasteiger partial charge in [0.15, 0.2) is 0 Å². The first-order valence-electron chi connectivity index (χ1n) is 6.36. The number of nitrogens with one attached hydrogen (secondary N) is 1. The van der Waals surface area contributed by atoms with Crippen molar-refractivity contribution >= 4 is 23.6 Å². The fraction of sp³-hybridized carbons (Fsp3) is 0.429. The molecule has 1 aromatic rings. The van der Waals surface area contributed by atoms with E-state index in [1.54, 1.807) is 23.9 Å². The number of aliphatic carboxylic acids is 1. The predicted octanol–water partition coefficient (Wildman–Crippen LogP) is 1.40. The van der Waals surface area contributed by atoms with Crippen LogP contribution in [0.15, 0.2) is 30.3 Å². The van der Waals surface area contributed by atoms with Crippen molar-refractivity contribution in [3.05, 3.63) is 35.9 Å². The molecule has 1 rings (SSSR count). The Balaban J connectivity index is 2.70. The van der Waals surface area contributed by atoms with Crippen molar-refractivity contribution in [2.75, 3.05) is 12.0 Å². The van der Waals surface area contributed by atoms with Crippen LogP contribution in [-0.2, 0) is 9.59 Å². The van der Waals surface area contributed by atoms with E-state index >= 15 is 0 Å². The van der Waals surface area contributed by atoms with E-state index in [0.717, 1.165) is 11.3 Å². The zero-order chi connectivity index (χ0) is 15.0. The number of amides is 1. The number of rotatable bonds is 8. The molecule has 5 nitrogen and oxygen atoms in total. The van der Waals surface area contributed by atoms with Gasteiger partial charge in [-0.15, -0.1) is 0 Å². The van der Waals surface area contributed by atoms with E-state index in [4.69, 9.17) is 10.8 Å². The molecule has 110 valence electrons. The van der Waals surface area contributed by atoms with Gasteiger partial charge in [-0.05, 0) is 24.0 Å². The van der Waals surface area contributed by atoms with Crippen LogP contribution in [0.4, 0.5) is 0 Å². The molecule has 0 radical (unpaired) electrons. The third-order valence-electron chi connectivity index (χ3n) is 2.87. The second-order valence-corrected chi connectivity index (χ2v) is 5.44. The zero-order valence-electron chi connectivity index (χ0n) is 11.4. The van der Waals surface area contributed by atoms with Crippen molar-refractivity contribution < 1.29 is 14.7 Å². The van der Waals surface area contributed by atoms with Gasteiger partial charge in [-0.25, -0.2) is 0 Å². The van der Waals surface area contributed by atoms with Crippen LogP contribution < -0.4 is 11.1 Å². The van der Waals surface area contributed by atoms with Crippen molar-refractivity contribution in [3.63, 3.8) is 0 Å². The lowest BCUT2D eigenvalue weighted by atomic mass is 10.0. The van der Waals surface area contributed by atoms with E-state index in [1.807, 2.05) is 24.5 Å². The number of carboxylic acid groups (broad SMARTS) is 1. The molecular formula is C14H20N2O3S. The Morgan fingerprint density at radius 1 is 1.35 bits per heavy atom. The summed E-state index contributed by atoms with van der Waals surface area (Å²) in [6, 6.07) is 7.88. The first-order chi connectivity index (χ1) is 9.54. The minimum absolute atomic E-state index is 0.162. The summed E-state index contributed by atoms with van der Waals surface area (Å²) in [6.07, 6.45) is 2.36. The number of carbonyl (C=O) groups excluding carboxylic acids is 1. The molecule has 0 saturated carbocycles. The number of thioether (sulfide) groups is 1. The second-order valence-electron chi connectivity index (χ2n) is 4.46. The summed E-state index contributed by atoms with van der Waals surface area (Å²) >= 11 is 1.62. The Labute approximate surface area is 122 Å². The van der Waals surface area contributed by atoms with Crippen LogP contribution in [0.2, 0.25) is 0 Å². The molecule has 1 unspecified atom stereocenters. The average Bonchev–Trinajstić information content (AvgIpc) is 2.44. The minimum Gasteiger partial charge on any atom is -0.481 e. The third-order valence-corrected chi connectivity index (χ3v) is 3.51. The van der Waals surface area contributed by atoms with Gasteiger partial charge < -0.3 is 16.2 Å². The summed E-state index contributed by atoms with van der Waals surface area (Å²) in [5, 5.41) is 11.7. The van der Waals surface area contributed by atoms with Gasteiger partial charge in [0.25, 0.3) is 0 Å². The fourth-order valence-electron chi connectivity index (χ4n) is 1.77. The highest BCUT2D eigenvalue weighted by Crippen LogP contribution is 2.16. The van der Waals surface area contributed by atoms with Gasteiger partial charge in [-0.2, -0.15) is 11.8 Å². The van der Waals surface area contributed by atoms with Crippen LogP contribution in [-0.4, -0.2) is 35.0 Å². The fourth-order valence-corrected chi connectivity index (χ4v) is 2.26. The van der Waals surface area contributed by atoms with Crippen LogP contribution in [0.3, 0.4) is 0 Å². The van der Waals surface area contributed by atoms with Crippen LogP contribution in [0.1, 0.15) is 24.4 Å². The molecule has 0 fully saturated rings. The smallest absolute Gasteiger partial charge is 0.305 e. The van der Waals surface area contributed by atoms with E-state index in [1.165, 1.54) is 0 Å². The first kappa shape index (κ1) is 16.5. The quantitative estimate of drug-likeness (QED) is 0.674. The summed E-state index contributed by atoms with van der Waals surface area (Å²) in [5.74, 6) is -0.477. The van der Waals surface area contributed by atoms with Crippen molar-refractivity contribution in [2.45, 2.75) is 24.9 Å². The minimum atomic E-state index is -0.961. The Hall–Kier alpha value is -1.53. The largest absolute Gasteiger partial charge is 0.481 e. The Bertz CT molecular complexity index is 439. The Morgan fingerprint density at radius 2 is 2.00 bits per heavy atom. The molecule has 1 amide bonds. The van der Waals surface area contributed by atoms with Gasteiger partial charge in [0.05, 0.1) is 18.5 Å². The summed E-state index contributed by atoms with van der Waals surface area (Å²) in [5.41, 5.74) is 6.55.